The van der Waals surface area contributed by atoms with E-state index in [1.807, 2.05) is 12.1 Å². The van der Waals surface area contributed by atoms with Crippen LogP contribution in [-0.2, 0) is 18.4 Å². The van der Waals surface area contributed by atoms with Crippen LogP contribution in [0, 0.1) is 6.92 Å². The monoisotopic (exact) mass is 625 g/mol. The molecule has 2 aliphatic rings. The number of hydrogen-bond donors (Lipinski definition) is 0. The number of rotatable bonds is 5. The van der Waals surface area contributed by atoms with Crippen molar-refractivity contribution in [3.8, 4) is 11.5 Å². The smallest absolute Gasteiger partial charge is 0.151 e. The molecule has 0 spiro atoms. The Labute approximate surface area is 282 Å². The Morgan fingerprint density at radius 2 is 1.12 bits per heavy atom. The zero-order chi connectivity index (χ0) is 32.6. The minimum atomic E-state index is -0.183. The second kappa shape index (κ2) is 10.8. The number of nitrogens with zero attached hydrogens (tertiary/aromatic N) is 3. The van der Waals surface area contributed by atoms with Crippen LogP contribution in [0.2, 0.25) is 0 Å². The van der Waals surface area contributed by atoms with Crippen molar-refractivity contribution in [1.82, 2.24) is 4.57 Å². The molecule has 4 heteroatoms. The fraction of sp³-hybridized carbons (Fsp3) is 0.182. The molecule has 6 aromatic carbocycles. The van der Waals surface area contributed by atoms with Gasteiger partial charge < -0.3 is 19.1 Å². The standard InChI is InChI=1S/C44H39N3O/c1-29-17-20-38-34(25-29)44(2,23-24-47-36-13-7-5-11-32(36)33-12-6-8-14-37(33)47)35-27-30(18-21-39(35)45(38)3)26-31-19-22-41-43(28-31)48-42-16-10-9-15-40(42)46(41)4/h5-22,25,27-28H,23-24,26H2,1-4H3. The topological polar surface area (TPSA) is 20.6 Å². The van der Waals surface area contributed by atoms with Gasteiger partial charge in [-0.25, -0.2) is 0 Å². The maximum atomic E-state index is 6.39. The highest BCUT2D eigenvalue weighted by molar-refractivity contribution is 6.08. The Morgan fingerprint density at radius 3 is 1.88 bits per heavy atom. The molecule has 1 aromatic heterocycles. The van der Waals surface area contributed by atoms with E-state index < -0.39 is 0 Å². The summed E-state index contributed by atoms with van der Waals surface area (Å²) < 4.78 is 8.93. The summed E-state index contributed by atoms with van der Waals surface area (Å²) in [5.41, 5.74) is 13.8. The molecule has 0 fully saturated rings. The fourth-order valence-corrected chi connectivity index (χ4v) is 8.27. The fourth-order valence-electron chi connectivity index (χ4n) is 8.27. The van der Waals surface area contributed by atoms with Crippen molar-refractivity contribution < 1.29 is 4.74 Å². The molecule has 0 saturated heterocycles. The van der Waals surface area contributed by atoms with E-state index in [4.69, 9.17) is 4.74 Å². The van der Waals surface area contributed by atoms with Crippen LogP contribution in [0.3, 0.4) is 0 Å². The minimum absolute atomic E-state index is 0.183. The van der Waals surface area contributed by atoms with Crippen LogP contribution in [0.1, 0.15) is 41.2 Å². The third kappa shape index (κ3) is 4.36. The average Bonchev–Trinajstić information content (AvgIpc) is 3.43. The van der Waals surface area contributed by atoms with E-state index in [2.05, 4.69) is 158 Å². The predicted octanol–water partition coefficient (Wildman–Crippen LogP) is 11.0. The first-order valence-electron chi connectivity index (χ1n) is 17.0. The highest BCUT2D eigenvalue weighted by Gasteiger charge is 2.39. The quantitative estimate of drug-likeness (QED) is 0.190. The zero-order valence-corrected chi connectivity index (χ0v) is 28.0. The van der Waals surface area contributed by atoms with Gasteiger partial charge in [0.25, 0.3) is 0 Å². The van der Waals surface area contributed by atoms with Crippen molar-refractivity contribution in [3.63, 3.8) is 0 Å². The van der Waals surface area contributed by atoms with Crippen molar-refractivity contribution >= 4 is 44.6 Å². The van der Waals surface area contributed by atoms with Crippen molar-refractivity contribution in [1.29, 1.82) is 0 Å². The van der Waals surface area contributed by atoms with Crippen LogP contribution in [0.15, 0.2) is 127 Å². The molecular formula is C44H39N3O. The molecule has 0 N–H and O–H groups in total. The molecule has 0 radical (unpaired) electrons. The molecule has 0 aliphatic carbocycles. The zero-order valence-electron chi connectivity index (χ0n) is 28.0. The van der Waals surface area contributed by atoms with Gasteiger partial charge in [0.2, 0.25) is 0 Å². The van der Waals surface area contributed by atoms with Gasteiger partial charge in [-0.05, 0) is 90.6 Å². The molecule has 4 nitrogen and oxygen atoms in total. The summed E-state index contributed by atoms with van der Waals surface area (Å²) in [6.45, 7) is 5.60. The predicted molar refractivity (Wildman–Crippen MR) is 200 cm³/mol. The number of ether oxygens (including phenoxy) is 1. The number of benzene rings is 6. The molecule has 7 aromatic rings. The van der Waals surface area contributed by atoms with Gasteiger partial charge in [0, 0.05) is 59.2 Å². The van der Waals surface area contributed by atoms with Gasteiger partial charge in [0.05, 0.1) is 11.4 Å². The van der Waals surface area contributed by atoms with E-state index in [0.29, 0.717) is 0 Å². The van der Waals surface area contributed by atoms with Crippen LogP contribution in [0.4, 0.5) is 22.7 Å². The van der Waals surface area contributed by atoms with E-state index in [9.17, 15) is 0 Å². The number of fused-ring (bicyclic) bond motifs is 7. The molecule has 1 unspecified atom stereocenters. The number of para-hydroxylation sites is 4. The molecule has 3 heterocycles. The minimum Gasteiger partial charge on any atom is -0.453 e. The molecule has 0 amide bonds. The third-order valence-electron chi connectivity index (χ3n) is 10.9. The van der Waals surface area contributed by atoms with Crippen molar-refractivity contribution in [3.05, 3.63) is 155 Å². The molecule has 1 atom stereocenters. The molecule has 236 valence electrons. The van der Waals surface area contributed by atoms with E-state index in [0.717, 1.165) is 42.3 Å². The van der Waals surface area contributed by atoms with E-state index in [-0.39, 0.29) is 5.41 Å². The van der Waals surface area contributed by atoms with Crippen LogP contribution in [0.5, 0.6) is 11.5 Å². The van der Waals surface area contributed by atoms with Crippen LogP contribution in [0.25, 0.3) is 21.8 Å². The first-order valence-corrected chi connectivity index (χ1v) is 17.0. The Bertz CT molecular complexity index is 2330. The summed E-state index contributed by atoms with van der Waals surface area (Å²) in [4.78, 5) is 4.60. The lowest BCUT2D eigenvalue weighted by molar-refractivity contribution is 0.474. The normalized spacial score (nSPS) is 16.3. The second-order valence-corrected chi connectivity index (χ2v) is 13.8. The largest absolute Gasteiger partial charge is 0.453 e. The van der Waals surface area contributed by atoms with Crippen molar-refractivity contribution in [2.75, 3.05) is 23.9 Å². The second-order valence-electron chi connectivity index (χ2n) is 13.8. The molecule has 0 saturated carbocycles. The average molecular weight is 626 g/mol. The Kier molecular flexibility index (Phi) is 6.45. The van der Waals surface area contributed by atoms with Gasteiger partial charge in [0.1, 0.15) is 0 Å². The van der Waals surface area contributed by atoms with Crippen molar-refractivity contribution in [2.45, 2.75) is 38.6 Å². The highest BCUT2D eigenvalue weighted by atomic mass is 16.5. The number of anilines is 4. The lowest BCUT2D eigenvalue weighted by Gasteiger charge is -2.43. The molecule has 9 rings (SSSR count). The lowest BCUT2D eigenvalue weighted by Crippen LogP contribution is -2.34. The molecule has 2 aliphatic heterocycles. The summed E-state index contributed by atoms with van der Waals surface area (Å²) in [5, 5.41) is 2.65. The number of aryl methyl sites for hydroxylation is 2. The first-order chi connectivity index (χ1) is 23.4. The highest BCUT2D eigenvalue weighted by Crippen LogP contribution is 2.51. The van der Waals surface area contributed by atoms with Crippen LogP contribution < -0.4 is 14.5 Å². The summed E-state index contributed by atoms with van der Waals surface area (Å²) in [5.74, 6) is 1.81. The Hall–Kier alpha value is -5.48. The summed E-state index contributed by atoms with van der Waals surface area (Å²) in [7, 11) is 4.33. The maximum Gasteiger partial charge on any atom is 0.151 e. The van der Waals surface area contributed by atoms with Crippen LogP contribution in [-0.4, -0.2) is 18.7 Å². The lowest BCUT2D eigenvalue weighted by atomic mass is 9.69. The van der Waals surface area contributed by atoms with Gasteiger partial charge in [-0.1, -0.05) is 91.3 Å². The first kappa shape index (κ1) is 28.7. The van der Waals surface area contributed by atoms with E-state index >= 15 is 0 Å². The van der Waals surface area contributed by atoms with Gasteiger partial charge in [-0.15, -0.1) is 0 Å². The van der Waals surface area contributed by atoms with Gasteiger partial charge in [-0.3, -0.25) is 0 Å². The van der Waals surface area contributed by atoms with Gasteiger partial charge in [0.15, 0.2) is 11.5 Å². The molecule has 0 bridgehead atoms. The SMILES string of the molecule is Cc1ccc2c(c1)C(C)(CCn1c3ccccc3c3ccccc31)c1cc(Cc3ccc4c(c3)Oc3ccccc3N4C)ccc1N2C. The van der Waals surface area contributed by atoms with E-state index in [1.54, 1.807) is 0 Å². The van der Waals surface area contributed by atoms with Gasteiger partial charge in [-0.2, -0.15) is 0 Å². The van der Waals surface area contributed by atoms with Gasteiger partial charge >= 0.3 is 0 Å². The Morgan fingerprint density at radius 1 is 0.562 bits per heavy atom. The number of hydrogen-bond acceptors (Lipinski definition) is 3. The summed E-state index contributed by atoms with van der Waals surface area (Å²) in [6, 6.07) is 46.7. The molecular weight excluding hydrogens is 587 g/mol. The van der Waals surface area contributed by atoms with E-state index in [1.165, 1.54) is 61.0 Å². The third-order valence-corrected chi connectivity index (χ3v) is 10.9. The maximum absolute atomic E-state index is 6.39. The summed E-state index contributed by atoms with van der Waals surface area (Å²) in [6.07, 6.45) is 1.82. The number of aromatic nitrogens is 1. The molecule has 48 heavy (non-hydrogen) atoms. The van der Waals surface area contributed by atoms with Crippen LogP contribution >= 0.6 is 0 Å². The summed E-state index contributed by atoms with van der Waals surface area (Å²) >= 11 is 0. The Balaban J connectivity index is 1.11. The van der Waals surface area contributed by atoms with Crippen molar-refractivity contribution in [2.24, 2.45) is 0 Å².